The van der Waals surface area contributed by atoms with Gasteiger partial charge in [-0.15, -0.1) is 5.10 Å². The number of tetrazole rings is 1. The van der Waals surface area contributed by atoms with Crippen LogP contribution in [-0.4, -0.2) is 26.8 Å². The predicted molar refractivity (Wildman–Crippen MR) is 99.7 cm³/mol. The Morgan fingerprint density at radius 1 is 1.04 bits per heavy atom. The molecule has 0 aliphatic carbocycles. The van der Waals surface area contributed by atoms with E-state index < -0.39 is 0 Å². The Labute approximate surface area is 149 Å². The summed E-state index contributed by atoms with van der Waals surface area (Å²) in [5.74, 6) is 0.845. The molecule has 0 amide bonds. The minimum atomic E-state index is -0.291. The molecule has 0 saturated carbocycles. The van der Waals surface area contributed by atoms with Gasteiger partial charge in [-0.1, -0.05) is 55.5 Å². The van der Waals surface area contributed by atoms with Crippen LogP contribution < -0.4 is 5.32 Å². The largest absolute Gasteiger partial charge is 0.305 e. The highest BCUT2D eigenvalue weighted by atomic mass is 15.6. The minimum Gasteiger partial charge on any atom is -0.305 e. The van der Waals surface area contributed by atoms with Crippen molar-refractivity contribution >= 4 is 0 Å². The van der Waals surface area contributed by atoms with Gasteiger partial charge in [0.25, 0.3) is 0 Å². The number of nitrogens with one attached hydrogen (secondary N) is 1. The summed E-state index contributed by atoms with van der Waals surface area (Å²) < 4.78 is 1.86. The van der Waals surface area contributed by atoms with Crippen molar-refractivity contribution in [2.24, 2.45) is 0 Å². The number of hydrogen-bond acceptors (Lipinski definition) is 4. The summed E-state index contributed by atoms with van der Waals surface area (Å²) in [5, 5.41) is 16.2. The minimum absolute atomic E-state index is 0.291. The van der Waals surface area contributed by atoms with Crippen molar-refractivity contribution in [2.45, 2.75) is 39.2 Å². The van der Waals surface area contributed by atoms with Gasteiger partial charge < -0.3 is 5.32 Å². The molecule has 1 unspecified atom stereocenters. The highest BCUT2D eigenvalue weighted by Gasteiger charge is 2.31. The van der Waals surface area contributed by atoms with Crippen LogP contribution in [0.15, 0.2) is 54.6 Å². The van der Waals surface area contributed by atoms with Gasteiger partial charge in [-0.25, -0.2) is 0 Å². The van der Waals surface area contributed by atoms with E-state index in [2.05, 4.69) is 78.0 Å². The number of aromatic nitrogens is 4. The van der Waals surface area contributed by atoms with E-state index in [1.165, 1.54) is 5.56 Å². The summed E-state index contributed by atoms with van der Waals surface area (Å²) in [6, 6.07) is 18.7. The van der Waals surface area contributed by atoms with Crippen molar-refractivity contribution in [1.29, 1.82) is 0 Å². The summed E-state index contributed by atoms with van der Waals surface area (Å²) in [5.41, 5.74) is 3.21. The fourth-order valence-corrected chi connectivity index (χ4v) is 2.98. The summed E-state index contributed by atoms with van der Waals surface area (Å²) in [4.78, 5) is 0. The van der Waals surface area contributed by atoms with E-state index in [1.54, 1.807) is 0 Å². The van der Waals surface area contributed by atoms with Crippen LogP contribution >= 0.6 is 0 Å². The number of aryl methyl sites for hydroxylation is 1. The fraction of sp³-hybridized carbons (Fsp3) is 0.350. The monoisotopic (exact) mass is 335 g/mol. The van der Waals surface area contributed by atoms with Crippen molar-refractivity contribution in [3.63, 3.8) is 0 Å². The normalized spacial score (nSPS) is 13.6. The first-order valence-electron chi connectivity index (χ1n) is 8.78. The summed E-state index contributed by atoms with van der Waals surface area (Å²) in [6.07, 6.45) is 1.87. The molecular weight excluding hydrogens is 310 g/mol. The van der Waals surface area contributed by atoms with Gasteiger partial charge in [0.05, 0.1) is 11.2 Å². The van der Waals surface area contributed by atoms with Gasteiger partial charge in [0.2, 0.25) is 0 Å². The number of hydrogen-bond donors (Lipinski definition) is 1. The van der Waals surface area contributed by atoms with Gasteiger partial charge in [-0.05, 0) is 54.3 Å². The van der Waals surface area contributed by atoms with Crippen LogP contribution in [0.4, 0.5) is 0 Å². The quantitative estimate of drug-likeness (QED) is 0.719. The van der Waals surface area contributed by atoms with Crippen LogP contribution in [0.3, 0.4) is 0 Å². The van der Waals surface area contributed by atoms with E-state index in [1.807, 2.05) is 22.9 Å². The molecule has 1 aromatic heterocycles. The van der Waals surface area contributed by atoms with Gasteiger partial charge in [0.15, 0.2) is 5.82 Å². The Bertz CT molecular complexity index is 812. The molecule has 25 heavy (non-hydrogen) atoms. The highest BCUT2D eigenvalue weighted by molar-refractivity contribution is 5.40. The Hall–Kier alpha value is -2.53. The topological polar surface area (TPSA) is 55.6 Å². The van der Waals surface area contributed by atoms with E-state index in [9.17, 15) is 0 Å². The van der Waals surface area contributed by atoms with Gasteiger partial charge >= 0.3 is 0 Å². The van der Waals surface area contributed by atoms with E-state index in [0.717, 1.165) is 36.5 Å². The molecule has 0 spiro atoms. The molecule has 0 saturated heterocycles. The van der Waals surface area contributed by atoms with Gasteiger partial charge in [-0.3, -0.25) is 0 Å². The zero-order valence-electron chi connectivity index (χ0n) is 15.1. The Kier molecular flexibility index (Phi) is 5.24. The molecule has 0 aliphatic heterocycles. The SMILES string of the molecule is CCC(C)(NCCc1ccccc1)c1nnnn1-c1ccccc1C. The smallest absolute Gasteiger partial charge is 0.176 e. The van der Waals surface area contributed by atoms with Crippen LogP contribution in [0, 0.1) is 6.92 Å². The lowest BCUT2D eigenvalue weighted by molar-refractivity contribution is 0.328. The van der Waals surface area contributed by atoms with Crippen molar-refractivity contribution in [2.75, 3.05) is 6.54 Å². The standard InChI is InChI=1S/C20H25N5/c1-4-20(3,21-15-14-17-11-6-5-7-12-17)19-22-23-24-25(19)18-13-9-8-10-16(18)2/h5-13,21H,4,14-15H2,1-3H3. The lowest BCUT2D eigenvalue weighted by Gasteiger charge is -2.28. The van der Waals surface area contributed by atoms with Gasteiger partial charge in [0, 0.05) is 6.54 Å². The summed E-state index contributed by atoms with van der Waals surface area (Å²) in [6.45, 7) is 7.27. The van der Waals surface area contributed by atoms with Gasteiger partial charge in [0.1, 0.15) is 0 Å². The van der Waals surface area contributed by atoms with E-state index in [-0.39, 0.29) is 5.54 Å². The number of nitrogens with zero attached hydrogens (tertiary/aromatic N) is 4. The van der Waals surface area contributed by atoms with Crippen molar-refractivity contribution in [3.8, 4) is 5.69 Å². The first kappa shape index (κ1) is 17.3. The first-order chi connectivity index (χ1) is 12.1. The molecule has 5 nitrogen and oxygen atoms in total. The van der Waals surface area contributed by atoms with Crippen LogP contribution in [0.25, 0.3) is 5.69 Å². The molecule has 0 radical (unpaired) electrons. The molecular formula is C20H25N5. The molecule has 0 fully saturated rings. The molecule has 5 heteroatoms. The maximum atomic E-state index is 4.34. The molecule has 0 aliphatic rings. The third-order valence-corrected chi connectivity index (χ3v) is 4.79. The summed E-state index contributed by atoms with van der Waals surface area (Å²) >= 11 is 0. The second-order valence-corrected chi connectivity index (χ2v) is 6.55. The average Bonchev–Trinajstić information content (AvgIpc) is 3.13. The maximum Gasteiger partial charge on any atom is 0.176 e. The third kappa shape index (κ3) is 3.77. The second kappa shape index (κ2) is 7.57. The van der Waals surface area contributed by atoms with E-state index >= 15 is 0 Å². The Balaban J connectivity index is 1.81. The average molecular weight is 335 g/mol. The second-order valence-electron chi connectivity index (χ2n) is 6.55. The van der Waals surface area contributed by atoms with Crippen LogP contribution in [0.1, 0.15) is 37.2 Å². The van der Waals surface area contributed by atoms with Crippen LogP contribution in [0.5, 0.6) is 0 Å². The van der Waals surface area contributed by atoms with Gasteiger partial charge in [-0.2, -0.15) is 4.68 Å². The highest BCUT2D eigenvalue weighted by Crippen LogP contribution is 2.25. The molecule has 2 aromatic carbocycles. The van der Waals surface area contributed by atoms with Crippen molar-refractivity contribution < 1.29 is 0 Å². The molecule has 1 heterocycles. The fourth-order valence-electron chi connectivity index (χ4n) is 2.98. The van der Waals surface area contributed by atoms with E-state index in [4.69, 9.17) is 0 Å². The number of benzene rings is 2. The Morgan fingerprint density at radius 3 is 2.48 bits per heavy atom. The van der Waals surface area contributed by atoms with E-state index in [0.29, 0.717) is 0 Å². The molecule has 3 aromatic rings. The molecule has 0 bridgehead atoms. The predicted octanol–water partition coefficient (Wildman–Crippen LogP) is 3.43. The van der Waals surface area contributed by atoms with Crippen molar-refractivity contribution in [3.05, 3.63) is 71.5 Å². The molecule has 1 atom stereocenters. The third-order valence-electron chi connectivity index (χ3n) is 4.79. The Morgan fingerprint density at radius 2 is 1.76 bits per heavy atom. The molecule has 3 rings (SSSR count). The molecule has 1 N–H and O–H groups in total. The number of para-hydroxylation sites is 1. The first-order valence-corrected chi connectivity index (χ1v) is 8.78. The zero-order valence-corrected chi connectivity index (χ0v) is 15.1. The summed E-state index contributed by atoms with van der Waals surface area (Å²) in [7, 11) is 0. The van der Waals surface area contributed by atoms with Crippen molar-refractivity contribution in [1.82, 2.24) is 25.5 Å². The lowest BCUT2D eigenvalue weighted by atomic mass is 9.97. The lowest BCUT2D eigenvalue weighted by Crippen LogP contribution is -2.42. The van der Waals surface area contributed by atoms with Crippen LogP contribution in [0.2, 0.25) is 0 Å². The zero-order chi connectivity index (χ0) is 17.7. The maximum absolute atomic E-state index is 4.34. The van der Waals surface area contributed by atoms with Crippen LogP contribution in [-0.2, 0) is 12.0 Å². The number of rotatable bonds is 7. The molecule has 130 valence electrons.